The van der Waals surface area contributed by atoms with Gasteiger partial charge in [-0.1, -0.05) is 54.4 Å². The second-order valence-corrected chi connectivity index (χ2v) is 6.56. The van der Waals surface area contributed by atoms with E-state index >= 15 is 0 Å². The molecule has 1 aliphatic rings. The number of alkyl halides is 1. The minimum absolute atomic E-state index is 0.219. The standard InChI is InChI=1S/C24H15ClO2/c25-24(14-6-13-21-23(24)16-8-2-4-11-19(16)27-21)17-9-5-12-20-22(17)15-7-1-3-10-18(15)26-20/h1-13H,14H2/i1D,2D,3D,4D,5D,7D,8D,9D,10D,11D,12D,13D,14D. The van der Waals surface area contributed by atoms with Crippen molar-refractivity contribution in [3.63, 3.8) is 0 Å². The summed E-state index contributed by atoms with van der Waals surface area (Å²) in [5, 5.41) is -0.694. The van der Waals surface area contributed by atoms with Gasteiger partial charge in [0.2, 0.25) is 0 Å². The number of para-hydroxylation sites is 2. The highest BCUT2D eigenvalue weighted by Crippen LogP contribution is 2.51. The summed E-state index contributed by atoms with van der Waals surface area (Å²) in [7, 11) is 0. The molecule has 6 rings (SSSR count). The number of fused-ring (bicyclic) bond motifs is 6. The molecule has 0 saturated heterocycles. The molecule has 0 aliphatic heterocycles. The molecule has 3 heteroatoms. The molecule has 0 saturated carbocycles. The van der Waals surface area contributed by atoms with Gasteiger partial charge in [-0.3, -0.25) is 0 Å². The van der Waals surface area contributed by atoms with E-state index in [2.05, 4.69) is 0 Å². The maximum atomic E-state index is 8.95. The summed E-state index contributed by atoms with van der Waals surface area (Å²) in [6.07, 6.45) is -0.535. The molecule has 2 nitrogen and oxygen atoms in total. The molecule has 2 atom stereocenters. The van der Waals surface area contributed by atoms with E-state index in [1.807, 2.05) is 0 Å². The van der Waals surface area contributed by atoms with Crippen molar-refractivity contribution in [3.8, 4) is 0 Å². The first-order valence-electron chi connectivity index (χ1n) is 14.5. The molecule has 3 aromatic carbocycles. The van der Waals surface area contributed by atoms with Gasteiger partial charge in [-0.15, -0.1) is 11.6 Å². The summed E-state index contributed by atoms with van der Waals surface area (Å²) < 4.78 is 121. The van der Waals surface area contributed by atoms with E-state index in [0.29, 0.717) is 0 Å². The van der Waals surface area contributed by atoms with Crippen LogP contribution in [0.4, 0.5) is 0 Å². The summed E-state index contributed by atoms with van der Waals surface area (Å²) in [5.74, 6) is -0.288. The van der Waals surface area contributed by atoms with Gasteiger partial charge in [0.1, 0.15) is 27.4 Å². The Morgan fingerprint density at radius 2 is 1.56 bits per heavy atom. The Morgan fingerprint density at radius 3 is 2.41 bits per heavy atom. The van der Waals surface area contributed by atoms with Crippen molar-refractivity contribution in [1.29, 1.82) is 0 Å². The Hall–Kier alpha value is -2.97. The van der Waals surface area contributed by atoms with Crippen LogP contribution in [0.25, 0.3) is 39.0 Å². The Morgan fingerprint density at radius 1 is 0.852 bits per heavy atom. The normalized spacial score (nSPS) is 29.0. The molecule has 5 aromatic rings. The monoisotopic (exact) mass is 383 g/mol. The fourth-order valence-corrected chi connectivity index (χ4v) is 3.81. The average Bonchev–Trinajstić information content (AvgIpc) is 3.52. The summed E-state index contributed by atoms with van der Waals surface area (Å²) in [4.78, 5) is -2.28. The Kier molecular flexibility index (Phi) is 1.41. The van der Waals surface area contributed by atoms with Crippen molar-refractivity contribution in [3.05, 3.63) is 89.4 Å². The molecule has 0 spiro atoms. The maximum absolute atomic E-state index is 8.95. The largest absolute Gasteiger partial charge is 0.456 e. The first kappa shape index (κ1) is 7.21. The summed E-state index contributed by atoms with van der Waals surface area (Å²) in [5.41, 5.74) is -1.64. The van der Waals surface area contributed by atoms with Crippen molar-refractivity contribution in [2.75, 3.05) is 0 Å². The Bertz CT molecular complexity index is 2030. The molecule has 1 aliphatic carbocycles. The first-order valence-corrected chi connectivity index (χ1v) is 8.29. The zero-order chi connectivity index (χ0) is 29.3. The molecule has 2 aromatic heterocycles. The third-order valence-corrected chi connectivity index (χ3v) is 5.04. The number of rotatable bonds is 1. The average molecular weight is 384 g/mol. The summed E-state index contributed by atoms with van der Waals surface area (Å²) >= 11 is 7.29. The van der Waals surface area contributed by atoms with Gasteiger partial charge in [0.25, 0.3) is 0 Å². The zero-order valence-electron chi connectivity index (χ0n) is 26.3. The van der Waals surface area contributed by atoms with Crippen LogP contribution in [0.15, 0.2) is 81.4 Å². The van der Waals surface area contributed by atoms with Crippen LogP contribution < -0.4 is 0 Å². The SMILES string of the molecule is [2H]C1=CC([2H])C(Cl)(c2c([2H])c([2H])c([2H])c3oc4c([2H])c([2H])c([2H])c([2H])c4c23)c2c1oc1c([2H])c([2H])c([2H])c([2H])c21. The zero-order valence-corrected chi connectivity index (χ0v) is 14.1. The highest BCUT2D eigenvalue weighted by molar-refractivity contribution is 6.29. The number of benzene rings is 3. The minimum atomic E-state index is -2.28. The number of furan rings is 2. The van der Waals surface area contributed by atoms with Crippen LogP contribution in [0.3, 0.4) is 0 Å². The molecule has 0 fully saturated rings. The van der Waals surface area contributed by atoms with Gasteiger partial charge in [0.15, 0.2) is 0 Å². The Labute approximate surface area is 178 Å². The summed E-state index contributed by atoms with van der Waals surface area (Å²) in [6, 6.07) is -7.02. The van der Waals surface area contributed by atoms with E-state index in [-0.39, 0.29) is 55.8 Å². The smallest absolute Gasteiger partial charge is 0.135 e. The molecule has 130 valence electrons. The molecule has 2 unspecified atom stereocenters. The van der Waals surface area contributed by atoms with Crippen molar-refractivity contribution < 1.29 is 26.7 Å². The van der Waals surface area contributed by atoms with Gasteiger partial charge < -0.3 is 8.83 Å². The van der Waals surface area contributed by atoms with Gasteiger partial charge >= 0.3 is 0 Å². The molecular weight excluding hydrogens is 356 g/mol. The van der Waals surface area contributed by atoms with Crippen molar-refractivity contribution in [2.45, 2.75) is 11.3 Å². The number of allylic oxidation sites excluding steroid dienone is 1. The van der Waals surface area contributed by atoms with E-state index < -0.39 is 77.7 Å². The lowest BCUT2D eigenvalue weighted by Crippen LogP contribution is -2.22. The predicted molar refractivity (Wildman–Crippen MR) is 110 cm³/mol. The van der Waals surface area contributed by atoms with Crippen molar-refractivity contribution >= 4 is 50.6 Å². The van der Waals surface area contributed by atoms with Crippen LogP contribution in [-0.4, -0.2) is 0 Å². The molecule has 0 radical (unpaired) electrons. The molecular formula is C24H15ClO2. The fourth-order valence-electron chi connectivity index (χ4n) is 3.43. The second kappa shape index (κ2) is 5.28. The first-order chi connectivity index (χ1) is 18.7. The number of hydrogen-bond acceptors (Lipinski definition) is 2. The van der Waals surface area contributed by atoms with E-state index in [4.69, 9.17) is 38.3 Å². The van der Waals surface area contributed by atoms with E-state index in [9.17, 15) is 0 Å². The van der Waals surface area contributed by atoms with Gasteiger partial charge in [-0.25, -0.2) is 0 Å². The summed E-state index contributed by atoms with van der Waals surface area (Å²) in [6.45, 7) is 0. The minimum Gasteiger partial charge on any atom is -0.456 e. The molecule has 0 amide bonds. The lowest BCUT2D eigenvalue weighted by atomic mass is 9.81. The van der Waals surface area contributed by atoms with Gasteiger partial charge in [0, 0.05) is 23.1 Å². The third kappa shape index (κ3) is 1.96. The topological polar surface area (TPSA) is 26.3 Å². The van der Waals surface area contributed by atoms with Crippen LogP contribution in [0, 0.1) is 0 Å². The van der Waals surface area contributed by atoms with Gasteiger partial charge in [-0.2, -0.15) is 0 Å². The van der Waals surface area contributed by atoms with Crippen molar-refractivity contribution in [1.82, 2.24) is 0 Å². The van der Waals surface area contributed by atoms with Crippen LogP contribution in [0.1, 0.15) is 41.1 Å². The van der Waals surface area contributed by atoms with E-state index in [0.717, 1.165) is 6.08 Å². The van der Waals surface area contributed by atoms with Gasteiger partial charge in [0.05, 0.1) is 16.4 Å². The highest BCUT2D eigenvalue weighted by atomic mass is 35.5. The molecule has 0 bridgehead atoms. The quantitative estimate of drug-likeness (QED) is 0.285. The van der Waals surface area contributed by atoms with Gasteiger partial charge in [-0.05, 0) is 36.1 Å². The van der Waals surface area contributed by atoms with E-state index in [1.54, 1.807) is 0 Å². The van der Waals surface area contributed by atoms with Crippen LogP contribution in [0.2, 0.25) is 0 Å². The fraction of sp³-hybridized carbons (Fsp3) is 0.0833. The lowest BCUT2D eigenvalue weighted by molar-refractivity contribution is 0.582. The lowest BCUT2D eigenvalue weighted by Gasteiger charge is -2.29. The van der Waals surface area contributed by atoms with Crippen LogP contribution in [0.5, 0.6) is 0 Å². The predicted octanol–water partition coefficient (Wildman–Crippen LogP) is 7.23. The number of halogens is 1. The number of hydrogen-bond donors (Lipinski definition) is 0. The van der Waals surface area contributed by atoms with Crippen molar-refractivity contribution in [2.24, 2.45) is 0 Å². The molecule has 27 heavy (non-hydrogen) atoms. The van der Waals surface area contributed by atoms with Crippen LogP contribution in [-0.2, 0) is 4.87 Å². The Balaban J connectivity index is 1.91. The van der Waals surface area contributed by atoms with Crippen LogP contribution >= 0.6 is 11.6 Å². The third-order valence-electron chi connectivity index (χ3n) is 4.54. The maximum Gasteiger partial charge on any atom is 0.135 e. The van der Waals surface area contributed by atoms with E-state index in [1.165, 1.54) is 0 Å². The molecule has 0 N–H and O–H groups in total. The highest BCUT2D eigenvalue weighted by Gasteiger charge is 2.40. The second-order valence-electron chi connectivity index (χ2n) is 5.96. The molecule has 2 heterocycles.